The number of nitrogens with one attached hydrogen (secondary N) is 1. The molecule has 22 heavy (non-hydrogen) atoms. The summed E-state index contributed by atoms with van der Waals surface area (Å²) in [5.41, 5.74) is 2.03. The van der Waals surface area contributed by atoms with Crippen LogP contribution in [0.4, 0.5) is 0 Å². The third-order valence-electron chi connectivity index (χ3n) is 3.10. The highest BCUT2D eigenvalue weighted by atomic mass is 35.5. The summed E-state index contributed by atoms with van der Waals surface area (Å²) in [5, 5.41) is 13.6. The van der Waals surface area contributed by atoms with Crippen LogP contribution in [0.5, 0.6) is 5.75 Å². The Morgan fingerprint density at radius 3 is 2.50 bits per heavy atom. The van der Waals surface area contributed by atoms with E-state index >= 15 is 0 Å². The van der Waals surface area contributed by atoms with Crippen LogP contribution in [-0.4, -0.2) is 17.8 Å². The molecule has 0 fully saturated rings. The van der Waals surface area contributed by atoms with Gasteiger partial charge in [0.05, 0.1) is 6.10 Å². The summed E-state index contributed by atoms with van der Waals surface area (Å²) >= 11 is 12.0. The molecular weight excluding hydrogens is 321 g/mol. The highest BCUT2D eigenvalue weighted by molar-refractivity contribution is 6.35. The number of ether oxygens (including phenoxy) is 1. The third-order valence-corrected chi connectivity index (χ3v) is 3.69. The Morgan fingerprint density at radius 2 is 1.86 bits per heavy atom. The normalized spacial score (nSPS) is 12.2. The quantitative estimate of drug-likeness (QED) is 0.799. The Morgan fingerprint density at radius 1 is 1.14 bits per heavy atom. The Balaban J connectivity index is 1.86. The van der Waals surface area contributed by atoms with E-state index in [0.717, 1.165) is 16.9 Å². The SMILES string of the molecule is C[C@H](O)CNCc1ccc(OCc2ccc(Cl)cc2Cl)cc1. The van der Waals surface area contributed by atoms with Gasteiger partial charge in [0.15, 0.2) is 0 Å². The summed E-state index contributed by atoms with van der Waals surface area (Å²) in [6.45, 7) is 3.45. The first-order chi connectivity index (χ1) is 10.5. The minimum absolute atomic E-state index is 0.341. The van der Waals surface area contributed by atoms with Gasteiger partial charge in [-0.2, -0.15) is 0 Å². The average Bonchev–Trinajstić information content (AvgIpc) is 2.47. The van der Waals surface area contributed by atoms with Gasteiger partial charge in [-0.25, -0.2) is 0 Å². The summed E-state index contributed by atoms with van der Waals surface area (Å²) in [6, 6.07) is 13.2. The summed E-state index contributed by atoms with van der Waals surface area (Å²) in [7, 11) is 0. The summed E-state index contributed by atoms with van der Waals surface area (Å²) in [5.74, 6) is 0.783. The molecule has 0 amide bonds. The van der Waals surface area contributed by atoms with Crippen molar-refractivity contribution in [2.75, 3.05) is 6.54 Å². The monoisotopic (exact) mass is 339 g/mol. The zero-order valence-corrected chi connectivity index (χ0v) is 13.9. The Bertz CT molecular complexity index is 600. The lowest BCUT2D eigenvalue weighted by atomic mass is 10.2. The van der Waals surface area contributed by atoms with Gasteiger partial charge in [-0.05, 0) is 36.8 Å². The first-order valence-electron chi connectivity index (χ1n) is 7.09. The van der Waals surface area contributed by atoms with Crippen LogP contribution >= 0.6 is 23.2 Å². The maximum absolute atomic E-state index is 9.19. The van der Waals surface area contributed by atoms with E-state index in [9.17, 15) is 5.11 Å². The van der Waals surface area contributed by atoms with Crippen molar-refractivity contribution in [3.8, 4) is 5.75 Å². The van der Waals surface area contributed by atoms with Crippen LogP contribution in [0.3, 0.4) is 0 Å². The molecule has 3 nitrogen and oxygen atoms in total. The molecule has 1 atom stereocenters. The molecule has 2 N–H and O–H groups in total. The maximum atomic E-state index is 9.19. The van der Waals surface area contributed by atoms with Gasteiger partial charge in [-0.15, -0.1) is 0 Å². The summed E-state index contributed by atoms with van der Waals surface area (Å²) in [4.78, 5) is 0. The van der Waals surface area contributed by atoms with Crippen molar-refractivity contribution in [3.05, 3.63) is 63.6 Å². The van der Waals surface area contributed by atoms with Crippen LogP contribution in [-0.2, 0) is 13.2 Å². The van der Waals surface area contributed by atoms with E-state index < -0.39 is 0 Å². The Kier molecular flexibility index (Phi) is 6.52. The molecule has 2 aromatic rings. The highest BCUT2D eigenvalue weighted by Gasteiger charge is 2.03. The fourth-order valence-corrected chi connectivity index (χ4v) is 2.39. The fraction of sp³-hybridized carbons (Fsp3) is 0.294. The second-order valence-electron chi connectivity index (χ2n) is 5.15. The van der Waals surface area contributed by atoms with E-state index in [-0.39, 0.29) is 6.10 Å². The Labute approximate surface area is 140 Å². The molecule has 2 rings (SSSR count). The van der Waals surface area contributed by atoms with E-state index in [1.54, 1.807) is 19.1 Å². The maximum Gasteiger partial charge on any atom is 0.119 e. The van der Waals surface area contributed by atoms with Crippen molar-refractivity contribution in [1.82, 2.24) is 5.32 Å². The van der Waals surface area contributed by atoms with Crippen LogP contribution < -0.4 is 10.1 Å². The van der Waals surface area contributed by atoms with Gasteiger partial charge >= 0.3 is 0 Å². The molecule has 0 bridgehead atoms. The minimum Gasteiger partial charge on any atom is -0.489 e. The summed E-state index contributed by atoms with van der Waals surface area (Å²) < 4.78 is 5.72. The molecule has 0 radical (unpaired) electrons. The lowest BCUT2D eigenvalue weighted by molar-refractivity contribution is 0.191. The number of aliphatic hydroxyl groups is 1. The number of hydrogen-bond acceptors (Lipinski definition) is 3. The molecule has 118 valence electrons. The van der Waals surface area contributed by atoms with E-state index in [2.05, 4.69) is 5.32 Å². The first kappa shape index (κ1) is 17.1. The molecule has 0 unspecified atom stereocenters. The standard InChI is InChI=1S/C17H19Cl2NO2/c1-12(21)9-20-10-13-2-6-16(7-3-13)22-11-14-4-5-15(18)8-17(14)19/h2-8,12,20-21H,9-11H2,1H3/t12-/m0/s1. The van der Waals surface area contributed by atoms with E-state index in [1.807, 2.05) is 30.3 Å². The molecular formula is C17H19Cl2NO2. The number of aliphatic hydroxyl groups excluding tert-OH is 1. The largest absolute Gasteiger partial charge is 0.489 e. The lowest BCUT2D eigenvalue weighted by Crippen LogP contribution is -2.23. The van der Waals surface area contributed by atoms with Crippen LogP contribution in [0.2, 0.25) is 10.0 Å². The van der Waals surface area contributed by atoms with Crippen molar-refractivity contribution < 1.29 is 9.84 Å². The van der Waals surface area contributed by atoms with Crippen LogP contribution in [0.25, 0.3) is 0 Å². The van der Waals surface area contributed by atoms with Gasteiger partial charge in [0.2, 0.25) is 0 Å². The van der Waals surface area contributed by atoms with E-state index in [4.69, 9.17) is 27.9 Å². The number of hydrogen-bond donors (Lipinski definition) is 2. The molecule has 2 aromatic carbocycles. The second kappa shape index (κ2) is 8.39. The van der Waals surface area contributed by atoms with Crippen molar-refractivity contribution in [2.45, 2.75) is 26.2 Å². The molecule has 0 heterocycles. The van der Waals surface area contributed by atoms with Gasteiger partial charge in [-0.1, -0.05) is 41.4 Å². The van der Waals surface area contributed by atoms with Crippen LogP contribution in [0, 0.1) is 0 Å². The molecule has 0 aliphatic rings. The second-order valence-corrected chi connectivity index (χ2v) is 5.99. The number of benzene rings is 2. The molecule has 0 saturated heterocycles. The van der Waals surface area contributed by atoms with Gasteiger partial charge in [-0.3, -0.25) is 0 Å². The van der Waals surface area contributed by atoms with Gasteiger partial charge < -0.3 is 15.2 Å². The highest BCUT2D eigenvalue weighted by Crippen LogP contribution is 2.22. The smallest absolute Gasteiger partial charge is 0.119 e. The zero-order chi connectivity index (χ0) is 15.9. The minimum atomic E-state index is -0.341. The topological polar surface area (TPSA) is 41.5 Å². The van der Waals surface area contributed by atoms with Gasteiger partial charge in [0.1, 0.15) is 12.4 Å². The predicted molar refractivity (Wildman–Crippen MR) is 90.6 cm³/mol. The van der Waals surface area contributed by atoms with Gasteiger partial charge in [0, 0.05) is 28.7 Å². The number of rotatable bonds is 7. The summed E-state index contributed by atoms with van der Waals surface area (Å²) in [6.07, 6.45) is -0.341. The molecule has 0 spiro atoms. The average molecular weight is 340 g/mol. The number of halogens is 2. The van der Waals surface area contributed by atoms with Crippen LogP contribution in [0.15, 0.2) is 42.5 Å². The van der Waals surface area contributed by atoms with Crippen LogP contribution in [0.1, 0.15) is 18.1 Å². The molecule has 0 aromatic heterocycles. The lowest BCUT2D eigenvalue weighted by Gasteiger charge is -2.10. The molecule has 5 heteroatoms. The zero-order valence-electron chi connectivity index (χ0n) is 12.4. The van der Waals surface area contributed by atoms with Crippen molar-refractivity contribution in [1.29, 1.82) is 0 Å². The predicted octanol–water partition coefficient (Wildman–Crippen LogP) is 4.04. The Hall–Kier alpha value is -1.26. The third kappa shape index (κ3) is 5.50. The fourth-order valence-electron chi connectivity index (χ4n) is 1.93. The van der Waals surface area contributed by atoms with Crippen molar-refractivity contribution >= 4 is 23.2 Å². The van der Waals surface area contributed by atoms with E-state index in [1.165, 1.54) is 0 Å². The molecule has 0 aliphatic carbocycles. The van der Waals surface area contributed by atoms with Crippen molar-refractivity contribution in [2.24, 2.45) is 0 Å². The molecule has 0 saturated carbocycles. The van der Waals surface area contributed by atoms with E-state index in [0.29, 0.717) is 29.7 Å². The molecule has 0 aliphatic heterocycles. The van der Waals surface area contributed by atoms with Gasteiger partial charge in [0.25, 0.3) is 0 Å². The first-order valence-corrected chi connectivity index (χ1v) is 7.84. The van der Waals surface area contributed by atoms with Crippen molar-refractivity contribution in [3.63, 3.8) is 0 Å².